The van der Waals surface area contributed by atoms with E-state index in [2.05, 4.69) is 154 Å². The smallest absolute Gasteiger partial charge is 0.269 e. The molecule has 32 heteroatoms. The average Bonchev–Trinajstić information content (AvgIpc) is 1.68. The highest BCUT2D eigenvalue weighted by atomic mass is 35.5. The van der Waals surface area contributed by atoms with Gasteiger partial charge in [0.25, 0.3) is 5.69 Å². The van der Waals surface area contributed by atoms with Crippen molar-refractivity contribution in [1.29, 1.82) is 0 Å². The quantitative estimate of drug-likeness (QED) is 0.0318. The number of nitro groups is 1. The molecule has 12 heterocycles. The number of methoxy groups -OCH3 is 1. The van der Waals surface area contributed by atoms with Crippen molar-refractivity contribution < 1.29 is 102 Å². The summed E-state index contributed by atoms with van der Waals surface area (Å²) in [4.78, 5) is 10.8. The van der Waals surface area contributed by atoms with Crippen molar-refractivity contribution in [3.05, 3.63) is 386 Å². The van der Waals surface area contributed by atoms with E-state index in [1.54, 1.807) is 43.5 Å². The van der Waals surface area contributed by atoms with Crippen LogP contribution in [0.3, 0.4) is 0 Å². The summed E-state index contributed by atoms with van der Waals surface area (Å²) in [6.45, 7) is 21.7. The van der Waals surface area contributed by atoms with Gasteiger partial charge in [0.15, 0.2) is 23.3 Å². The molecule has 12 aromatic carbocycles. The number of nitrogens with one attached hydrogen (secondary N) is 6. The van der Waals surface area contributed by atoms with Crippen LogP contribution in [0.4, 0.5) is 74.9 Å². The fourth-order valence-electron chi connectivity index (χ4n) is 22.2. The average molecular weight is 2100 g/mol. The van der Waals surface area contributed by atoms with Crippen LogP contribution in [0, 0.1) is 56.7 Å². The lowest BCUT2D eigenvalue weighted by Crippen LogP contribution is -2.43. The summed E-state index contributed by atoms with van der Waals surface area (Å²) in [6, 6.07) is 62.6. The maximum Gasteiger partial charge on any atom is 0.269 e. The first kappa shape index (κ1) is 105. The molecule has 0 radical (unpaired) electrons. The molecule has 0 spiro atoms. The molecule has 20 atom stereocenters. The number of non-ortho nitro benzene ring substituents is 1. The Morgan fingerprint density at radius 2 is 0.760 bits per heavy atom. The lowest BCUT2D eigenvalue weighted by Gasteiger charge is -2.43. The molecule has 12 aliphatic heterocycles. The zero-order valence-corrected chi connectivity index (χ0v) is 85.9. The van der Waals surface area contributed by atoms with E-state index in [4.69, 9.17) is 84.8 Å². The SMILES string of the molecule is CC(C)c1ccc2c(c1)C1OCOC1C(c1cc(F)ccc1F)N2.CC(C)c1ccc2c(c1)C1OCOC1C(c1ccc(F)c(F)c1)N2.CCC(C)c1ccc2c(c1)C1OCCOC1C(c1c(F)cccc1Cl)N2.CCC(C)c1ccc2c(c1)C1OCCOC1C(c1cccc(F)c1F)N2.COc1cccc2c1NC(c1cc([N+](=O)[O-])ccc1Cl)C1OCCOC21.Fc1cccc(C2Nc3c(C4CC4)cccc3C3OCCOC23)c1. The van der Waals surface area contributed by atoms with Gasteiger partial charge in [0, 0.05) is 106 Å². The van der Waals surface area contributed by atoms with Gasteiger partial charge in [-0.25, -0.2) is 35.1 Å². The van der Waals surface area contributed by atoms with Crippen molar-refractivity contribution in [2.45, 2.75) is 220 Å². The summed E-state index contributed by atoms with van der Waals surface area (Å²) >= 11 is 12.7. The number of rotatable bonds is 15. The molecule has 25 rings (SSSR count). The minimum atomic E-state index is -0.856. The van der Waals surface area contributed by atoms with Crippen LogP contribution < -0.4 is 36.6 Å². The molecule has 0 aromatic heterocycles. The van der Waals surface area contributed by atoms with E-state index in [9.17, 15) is 45.2 Å². The molecule has 0 bridgehead atoms. The van der Waals surface area contributed by atoms with Crippen molar-refractivity contribution in [3.63, 3.8) is 0 Å². The van der Waals surface area contributed by atoms with E-state index in [0.29, 0.717) is 115 Å². The molecule has 12 aromatic rings. The number of para-hydroxylation sites is 2. The third kappa shape index (κ3) is 21.8. The van der Waals surface area contributed by atoms with Crippen molar-refractivity contribution in [2.75, 3.05) is 105 Å². The third-order valence-corrected chi connectivity index (χ3v) is 31.3. The van der Waals surface area contributed by atoms with E-state index in [0.717, 1.165) is 98.9 Å². The zero-order chi connectivity index (χ0) is 105. The molecule has 150 heavy (non-hydrogen) atoms. The van der Waals surface area contributed by atoms with Crippen molar-refractivity contribution in [2.24, 2.45) is 0 Å². The van der Waals surface area contributed by atoms with Gasteiger partial charge < -0.3 is 93.5 Å². The molecule has 22 nitrogen and oxygen atoms in total. The van der Waals surface area contributed by atoms with Crippen LogP contribution in [0.2, 0.25) is 10.0 Å². The van der Waals surface area contributed by atoms with Gasteiger partial charge in [-0.1, -0.05) is 194 Å². The molecule has 13 aliphatic rings. The number of hydrogen-bond donors (Lipinski definition) is 6. The lowest BCUT2D eigenvalue weighted by atomic mass is 9.85. The number of hydrogen-bond acceptors (Lipinski definition) is 21. The second-order valence-corrected chi connectivity index (χ2v) is 41.2. The molecule has 6 N–H and O–H groups in total. The molecule has 0 amide bonds. The van der Waals surface area contributed by atoms with Gasteiger partial charge in [0.2, 0.25) is 0 Å². The van der Waals surface area contributed by atoms with Crippen LogP contribution in [-0.4, -0.2) is 115 Å². The van der Waals surface area contributed by atoms with Crippen molar-refractivity contribution in [3.8, 4) is 5.75 Å². The molecule has 788 valence electrons. The highest BCUT2D eigenvalue weighted by molar-refractivity contribution is 6.32. The normalized spacial score (nSPS) is 25.8. The monoisotopic (exact) mass is 2100 g/mol. The maximum atomic E-state index is 14.6. The van der Waals surface area contributed by atoms with E-state index >= 15 is 0 Å². The molecular formula is C118H121Cl2F8N7O15. The summed E-state index contributed by atoms with van der Waals surface area (Å²) in [5.41, 5.74) is 21.3. The van der Waals surface area contributed by atoms with Gasteiger partial charge in [-0.05, 0) is 191 Å². The minimum Gasteiger partial charge on any atom is -0.495 e. The largest absolute Gasteiger partial charge is 0.495 e. The molecule has 6 saturated heterocycles. The Morgan fingerprint density at radius 1 is 0.340 bits per heavy atom. The molecule has 20 unspecified atom stereocenters. The number of nitrogens with zero attached hydrogens (tertiary/aromatic N) is 1. The van der Waals surface area contributed by atoms with Crippen LogP contribution in [0.5, 0.6) is 5.75 Å². The van der Waals surface area contributed by atoms with Crippen molar-refractivity contribution in [1.82, 2.24) is 0 Å². The van der Waals surface area contributed by atoms with Gasteiger partial charge in [-0.15, -0.1) is 0 Å². The number of nitro benzene ring substituents is 1. The van der Waals surface area contributed by atoms with E-state index in [-0.39, 0.29) is 115 Å². The minimum absolute atomic E-state index is 0.0229. The Kier molecular flexibility index (Phi) is 32.3. The number of benzene rings is 12. The Labute approximate surface area is 876 Å². The Hall–Kier alpha value is -11.8. The summed E-state index contributed by atoms with van der Waals surface area (Å²) in [5.74, 6) is -1.82. The van der Waals surface area contributed by atoms with E-state index < -0.39 is 76.2 Å². The van der Waals surface area contributed by atoms with Gasteiger partial charge in [0.05, 0.1) is 107 Å². The Bertz CT molecular complexity index is 6880. The van der Waals surface area contributed by atoms with Crippen LogP contribution in [0.15, 0.2) is 224 Å². The zero-order valence-electron chi connectivity index (χ0n) is 84.4. The number of halogens is 10. The summed E-state index contributed by atoms with van der Waals surface area (Å²) in [7, 11) is 1.59. The highest BCUT2D eigenvalue weighted by Gasteiger charge is 2.51. The highest BCUT2D eigenvalue weighted by Crippen LogP contribution is 2.57. The predicted molar refractivity (Wildman–Crippen MR) is 557 cm³/mol. The van der Waals surface area contributed by atoms with Crippen LogP contribution in [0.1, 0.15) is 278 Å². The molecular weight excluding hydrogens is 1980 g/mol. The Balaban J connectivity index is 0.000000109. The maximum absolute atomic E-state index is 14.6. The van der Waals surface area contributed by atoms with Crippen LogP contribution in [0.25, 0.3) is 0 Å². The van der Waals surface area contributed by atoms with Gasteiger partial charge >= 0.3 is 0 Å². The summed E-state index contributed by atoms with van der Waals surface area (Å²) in [5, 5.41) is 32.6. The van der Waals surface area contributed by atoms with Gasteiger partial charge in [-0.3, -0.25) is 10.1 Å². The van der Waals surface area contributed by atoms with E-state index in [1.807, 2.05) is 48.5 Å². The summed E-state index contributed by atoms with van der Waals surface area (Å²) in [6.07, 6.45) is 1.30. The third-order valence-electron chi connectivity index (χ3n) is 30.6. The fourth-order valence-corrected chi connectivity index (χ4v) is 22.7. The number of fused-ring (bicyclic) bond motifs is 18. The standard InChI is InChI=1S/C21H23ClFNO2.C21H23F2NO2.C20H20FNO2.2C19H19F2NO2.C18H17ClN2O5/c1-3-12(2)13-7-8-17-14(11-13)20-21(26-10-9-25-20)19(24-17)18-15(22)5-4-6-16(18)23;1-3-12(2)13-7-8-17-15(11-13)20-21(26-10-9-25-20)19(24-17)14-5-4-6-16(22)18(14)23;21-14-4-1-3-13(11-14)17-20-19(23-9-10-24-20)16-6-2-5-15(12-7-8-12)18(16)22-17;1-10(2)11-3-6-16-14(7-11)18-19(24-9-23-18)17(22-16)13-8-12(20)4-5-15(13)21;1-10(2)11-4-6-16-13(7-11)18-19(24-9-23-18)17(22-16)12-3-5-14(20)15(21)8-12;1-24-14-4-2-3-11-15(14)20-16(18-17(11)25-7-8-26-18)12-9-10(21(22)23)5-6-13(12)19/h2*4-8,11-12,19-21,24H,3,9-10H2,1-2H3;1-6,11-12,17,19-20,22H,7-10H2;2*3-8,10,17-19,22H,9H2,1-2H3;2-6,9,16-18,20H,7-8H2,1H3. The first-order valence-electron chi connectivity index (χ1n) is 51.5. The molecule has 7 fully saturated rings. The number of ether oxygens (including phenoxy) is 13. The van der Waals surface area contributed by atoms with Crippen LogP contribution in [-0.2, 0) is 56.8 Å². The van der Waals surface area contributed by atoms with Crippen LogP contribution >= 0.6 is 23.2 Å². The van der Waals surface area contributed by atoms with Crippen molar-refractivity contribution >= 4 is 63.0 Å². The van der Waals surface area contributed by atoms with Gasteiger partial charge in [0.1, 0.15) is 116 Å². The topological polar surface area (TPSA) is 235 Å². The first-order chi connectivity index (χ1) is 72.7. The Morgan fingerprint density at radius 3 is 1.30 bits per heavy atom. The predicted octanol–water partition coefficient (Wildman–Crippen LogP) is 28.3. The second-order valence-electron chi connectivity index (χ2n) is 40.4. The summed E-state index contributed by atoms with van der Waals surface area (Å²) < 4.78 is 188. The van der Waals surface area contributed by atoms with E-state index in [1.165, 1.54) is 100 Å². The number of anilines is 6. The second kappa shape index (κ2) is 46.0. The first-order valence-corrected chi connectivity index (χ1v) is 52.3. The molecule has 1 saturated carbocycles. The van der Waals surface area contributed by atoms with Gasteiger partial charge in [-0.2, -0.15) is 0 Å². The fraction of sp³-hybridized carbons (Fsp3) is 0.390. The molecule has 1 aliphatic carbocycles. The lowest BCUT2D eigenvalue weighted by molar-refractivity contribution is -0.384.